The zero-order valence-electron chi connectivity index (χ0n) is 15.3. The average Bonchev–Trinajstić information content (AvgIpc) is 3.45. The van der Waals surface area contributed by atoms with Crippen LogP contribution in [0, 0.1) is 0 Å². The second-order valence-electron chi connectivity index (χ2n) is 6.56. The van der Waals surface area contributed by atoms with Gasteiger partial charge >= 0.3 is 0 Å². The van der Waals surface area contributed by atoms with Gasteiger partial charge in [-0.05, 0) is 42.5 Å². The molecule has 7 heteroatoms. The lowest BCUT2D eigenvalue weighted by Crippen LogP contribution is -2.11. The number of carbonyl (C=O) groups is 1. The van der Waals surface area contributed by atoms with Crippen LogP contribution in [0.5, 0.6) is 0 Å². The number of benzene rings is 3. The van der Waals surface area contributed by atoms with Crippen LogP contribution in [0.2, 0.25) is 0 Å². The molecule has 0 saturated carbocycles. The van der Waals surface area contributed by atoms with E-state index < -0.39 is 0 Å². The molecular weight excluding hydrogens is 364 g/mol. The predicted molar refractivity (Wildman–Crippen MR) is 111 cm³/mol. The number of nitrogens with one attached hydrogen (secondary N) is 3. The molecule has 0 radical (unpaired) electrons. The molecule has 2 heterocycles. The van der Waals surface area contributed by atoms with Gasteiger partial charge in [-0.3, -0.25) is 15.0 Å². The Kier molecular flexibility index (Phi) is 4.10. The molecule has 3 aromatic carbocycles. The van der Waals surface area contributed by atoms with Crippen LogP contribution in [0.4, 0.5) is 5.69 Å². The van der Waals surface area contributed by atoms with Gasteiger partial charge in [0, 0.05) is 27.8 Å². The minimum atomic E-state index is -0.139. The minimum absolute atomic E-state index is 0.139. The fourth-order valence-corrected chi connectivity index (χ4v) is 3.23. The summed E-state index contributed by atoms with van der Waals surface area (Å²) in [4.78, 5) is 16.5. The second kappa shape index (κ2) is 7.05. The molecule has 0 aliphatic rings. The first-order chi connectivity index (χ1) is 14.3. The first-order valence-electron chi connectivity index (χ1n) is 9.09. The summed E-state index contributed by atoms with van der Waals surface area (Å²) in [6.07, 6.45) is 1.48. The summed E-state index contributed by atoms with van der Waals surface area (Å²) in [6, 6.07) is 22.7. The third-order valence-electron chi connectivity index (χ3n) is 4.70. The third kappa shape index (κ3) is 3.25. The zero-order chi connectivity index (χ0) is 19.6. The first kappa shape index (κ1) is 16.9. The number of anilines is 1. The lowest BCUT2D eigenvalue weighted by molar-refractivity contribution is 0.102. The molecule has 0 saturated heterocycles. The summed E-state index contributed by atoms with van der Waals surface area (Å²) in [7, 11) is 0. The Labute approximate surface area is 165 Å². The van der Waals surface area contributed by atoms with E-state index in [-0.39, 0.29) is 5.91 Å². The molecule has 1 amide bonds. The highest BCUT2D eigenvalue weighted by molar-refractivity contribution is 6.04. The zero-order valence-corrected chi connectivity index (χ0v) is 15.3. The van der Waals surface area contributed by atoms with Crippen LogP contribution < -0.4 is 5.32 Å². The van der Waals surface area contributed by atoms with Gasteiger partial charge in [0.15, 0.2) is 5.82 Å². The molecule has 5 aromatic rings. The van der Waals surface area contributed by atoms with E-state index >= 15 is 0 Å². The number of rotatable bonds is 4. The molecule has 0 fully saturated rings. The molecule has 0 spiro atoms. The van der Waals surface area contributed by atoms with Crippen molar-refractivity contribution in [2.75, 3.05) is 5.32 Å². The first-order valence-corrected chi connectivity index (χ1v) is 9.09. The summed E-state index contributed by atoms with van der Waals surface area (Å²) in [5.41, 5.74) is 5.00. The van der Waals surface area contributed by atoms with Crippen LogP contribution in [0.3, 0.4) is 0 Å². The van der Waals surface area contributed by atoms with Crippen LogP contribution in [-0.2, 0) is 0 Å². The predicted octanol–water partition coefficient (Wildman–Crippen LogP) is 4.27. The standard InChI is InChI=1S/C22H16N6O/c29-22(15-4-2-1-3-5-15)25-17-9-6-14(7-10-17)20-18-12-16(21-23-13-24-28-21)8-11-19(18)26-27-20/h1-13H,(H,25,29)(H,26,27)(H,23,24,28). The molecule has 7 nitrogen and oxygen atoms in total. The summed E-state index contributed by atoms with van der Waals surface area (Å²) in [6.45, 7) is 0. The van der Waals surface area contributed by atoms with Crippen LogP contribution in [0.1, 0.15) is 10.4 Å². The highest BCUT2D eigenvalue weighted by Crippen LogP contribution is 2.30. The number of nitrogens with zero attached hydrogens (tertiary/aromatic N) is 3. The summed E-state index contributed by atoms with van der Waals surface area (Å²) < 4.78 is 0. The van der Waals surface area contributed by atoms with E-state index in [2.05, 4.69) is 30.7 Å². The SMILES string of the molecule is O=C(Nc1ccc(-c2n[nH]c3ccc(-c4ncn[nH]4)cc23)cc1)c1ccccc1. The van der Waals surface area contributed by atoms with Crippen molar-refractivity contribution in [3.8, 4) is 22.6 Å². The van der Waals surface area contributed by atoms with Gasteiger partial charge in [0.05, 0.1) is 11.2 Å². The highest BCUT2D eigenvalue weighted by Gasteiger charge is 2.11. The maximum atomic E-state index is 12.3. The minimum Gasteiger partial charge on any atom is -0.322 e. The van der Waals surface area contributed by atoms with Gasteiger partial charge < -0.3 is 5.32 Å². The largest absolute Gasteiger partial charge is 0.322 e. The van der Waals surface area contributed by atoms with Gasteiger partial charge in [0.1, 0.15) is 6.33 Å². The van der Waals surface area contributed by atoms with Gasteiger partial charge in [-0.15, -0.1) is 0 Å². The second-order valence-corrected chi connectivity index (χ2v) is 6.56. The van der Waals surface area contributed by atoms with E-state index in [4.69, 9.17) is 0 Å². The molecule has 0 aliphatic heterocycles. The normalized spacial score (nSPS) is 10.9. The molecule has 29 heavy (non-hydrogen) atoms. The van der Waals surface area contributed by atoms with Crippen molar-refractivity contribution in [2.24, 2.45) is 0 Å². The number of fused-ring (bicyclic) bond motifs is 1. The van der Waals surface area contributed by atoms with E-state index in [0.717, 1.165) is 33.4 Å². The molecular formula is C22H16N6O. The Balaban J connectivity index is 1.43. The van der Waals surface area contributed by atoms with Crippen molar-refractivity contribution in [3.63, 3.8) is 0 Å². The number of hydrogen-bond acceptors (Lipinski definition) is 4. The molecule has 0 aliphatic carbocycles. The number of aromatic nitrogens is 5. The fourth-order valence-electron chi connectivity index (χ4n) is 3.23. The number of H-pyrrole nitrogens is 2. The Morgan fingerprint density at radius 1 is 0.862 bits per heavy atom. The van der Waals surface area contributed by atoms with E-state index in [1.54, 1.807) is 12.1 Å². The van der Waals surface area contributed by atoms with Crippen molar-refractivity contribution in [2.45, 2.75) is 0 Å². The maximum absolute atomic E-state index is 12.3. The van der Waals surface area contributed by atoms with Gasteiger partial charge in [-0.2, -0.15) is 10.2 Å². The Bertz CT molecular complexity index is 1270. The quantitative estimate of drug-likeness (QED) is 0.434. The average molecular weight is 380 g/mol. The monoisotopic (exact) mass is 380 g/mol. The van der Waals surface area contributed by atoms with Crippen molar-refractivity contribution >= 4 is 22.5 Å². The lowest BCUT2D eigenvalue weighted by atomic mass is 10.0. The van der Waals surface area contributed by atoms with E-state index in [0.29, 0.717) is 11.4 Å². The Morgan fingerprint density at radius 3 is 2.41 bits per heavy atom. The summed E-state index contributed by atoms with van der Waals surface area (Å²) in [5.74, 6) is 0.568. The number of amides is 1. The summed E-state index contributed by atoms with van der Waals surface area (Å²) >= 11 is 0. The van der Waals surface area contributed by atoms with Crippen molar-refractivity contribution in [3.05, 3.63) is 84.7 Å². The Hall–Kier alpha value is -4.26. The van der Waals surface area contributed by atoms with Crippen LogP contribution >= 0.6 is 0 Å². The van der Waals surface area contributed by atoms with Gasteiger partial charge in [-0.25, -0.2) is 4.98 Å². The highest BCUT2D eigenvalue weighted by atomic mass is 16.1. The van der Waals surface area contributed by atoms with Crippen LogP contribution in [0.15, 0.2) is 79.1 Å². The molecule has 5 rings (SSSR count). The van der Waals surface area contributed by atoms with Crippen LogP contribution in [-0.4, -0.2) is 31.3 Å². The van der Waals surface area contributed by atoms with Crippen LogP contribution in [0.25, 0.3) is 33.5 Å². The number of hydrogen-bond donors (Lipinski definition) is 3. The van der Waals surface area contributed by atoms with E-state index in [1.807, 2.05) is 60.7 Å². The molecule has 140 valence electrons. The lowest BCUT2D eigenvalue weighted by Gasteiger charge is -2.06. The van der Waals surface area contributed by atoms with E-state index in [9.17, 15) is 4.79 Å². The topological polar surface area (TPSA) is 99.3 Å². The smallest absolute Gasteiger partial charge is 0.255 e. The maximum Gasteiger partial charge on any atom is 0.255 e. The van der Waals surface area contributed by atoms with E-state index in [1.165, 1.54) is 6.33 Å². The van der Waals surface area contributed by atoms with Gasteiger partial charge in [-0.1, -0.05) is 30.3 Å². The fraction of sp³-hybridized carbons (Fsp3) is 0. The number of carbonyl (C=O) groups excluding carboxylic acids is 1. The molecule has 3 N–H and O–H groups in total. The molecule has 0 unspecified atom stereocenters. The van der Waals surface area contributed by atoms with Gasteiger partial charge in [0.2, 0.25) is 0 Å². The van der Waals surface area contributed by atoms with Gasteiger partial charge in [0.25, 0.3) is 5.91 Å². The van der Waals surface area contributed by atoms with Crippen molar-refractivity contribution in [1.82, 2.24) is 25.4 Å². The van der Waals surface area contributed by atoms with Crippen molar-refractivity contribution in [1.29, 1.82) is 0 Å². The van der Waals surface area contributed by atoms with Crippen molar-refractivity contribution < 1.29 is 4.79 Å². The molecule has 2 aromatic heterocycles. The molecule has 0 bridgehead atoms. The number of aromatic amines is 2. The Morgan fingerprint density at radius 2 is 1.66 bits per heavy atom. The molecule has 0 atom stereocenters. The summed E-state index contributed by atoms with van der Waals surface area (Å²) in [5, 5.41) is 18.2. The third-order valence-corrected chi connectivity index (χ3v) is 4.70.